The van der Waals surface area contributed by atoms with Crippen LogP contribution in [0.4, 0.5) is 0 Å². The number of carbonyl (C=O) groups is 2. The highest BCUT2D eigenvalue weighted by molar-refractivity contribution is 7.89. The van der Waals surface area contributed by atoms with Gasteiger partial charge in [-0.05, 0) is 42.5 Å². The van der Waals surface area contributed by atoms with E-state index in [2.05, 4.69) is 5.32 Å². The van der Waals surface area contributed by atoms with Gasteiger partial charge in [0, 0.05) is 43.2 Å². The Kier molecular flexibility index (Phi) is 10.1. The number of hydrogen-bond donors (Lipinski definition) is 5. The molecule has 1 aliphatic heterocycles. The van der Waals surface area contributed by atoms with Crippen LogP contribution in [0, 0.1) is 5.41 Å². The van der Waals surface area contributed by atoms with E-state index in [1.807, 2.05) is 0 Å². The van der Waals surface area contributed by atoms with E-state index in [1.54, 1.807) is 35.3 Å². The molecule has 202 valence electrons. The van der Waals surface area contributed by atoms with Crippen molar-refractivity contribution >= 4 is 38.8 Å². The number of fused-ring (bicyclic) bond motifs is 1. The standard InChI is InChI=1S/C25H36N6O5S/c26-16-19-8-6-12-30(19)31(13-14-32)37(35,36)24-21(23(34)10-2-1-5-11-29-25(27)28)15-18-7-3-4-9-20(18)22(24)17-33/h3-4,7,9,14-15,19,33H,1-2,5-6,8,10-13,16-17,26H2,(H4,27,28,29). The lowest BCUT2D eigenvalue weighted by Gasteiger charge is -2.34. The molecule has 3 rings (SSSR count). The third kappa shape index (κ3) is 6.51. The maximum absolute atomic E-state index is 14.2. The molecule has 7 N–H and O–H groups in total. The molecule has 0 aromatic heterocycles. The van der Waals surface area contributed by atoms with Crippen LogP contribution in [0.1, 0.15) is 54.4 Å². The van der Waals surface area contributed by atoms with E-state index in [9.17, 15) is 23.1 Å². The first-order chi connectivity index (χ1) is 17.8. The summed E-state index contributed by atoms with van der Waals surface area (Å²) in [6, 6.07) is 8.30. The summed E-state index contributed by atoms with van der Waals surface area (Å²) in [5, 5.41) is 23.0. The molecule has 1 unspecified atom stereocenters. The first-order valence-corrected chi connectivity index (χ1v) is 13.9. The Bertz CT molecular complexity index is 1240. The molecule has 1 atom stereocenters. The maximum Gasteiger partial charge on any atom is 0.257 e. The van der Waals surface area contributed by atoms with E-state index < -0.39 is 23.2 Å². The van der Waals surface area contributed by atoms with Gasteiger partial charge in [0.2, 0.25) is 0 Å². The van der Waals surface area contributed by atoms with Gasteiger partial charge >= 0.3 is 0 Å². The number of hydrazine groups is 1. The van der Waals surface area contributed by atoms with Crippen LogP contribution in [0.15, 0.2) is 35.2 Å². The first kappa shape index (κ1) is 28.7. The van der Waals surface area contributed by atoms with Crippen molar-refractivity contribution in [3.8, 4) is 0 Å². The van der Waals surface area contributed by atoms with Crippen LogP contribution in [0.3, 0.4) is 0 Å². The van der Waals surface area contributed by atoms with Gasteiger partial charge in [0.15, 0.2) is 11.7 Å². The number of sulfonamides is 1. The molecule has 0 amide bonds. The summed E-state index contributed by atoms with van der Waals surface area (Å²) < 4.78 is 29.4. The summed E-state index contributed by atoms with van der Waals surface area (Å²) in [5.41, 5.74) is 11.3. The summed E-state index contributed by atoms with van der Waals surface area (Å²) in [4.78, 5) is 24.8. The number of nitrogens with zero attached hydrogens (tertiary/aromatic N) is 2. The molecular formula is C25H36N6O5S. The average Bonchev–Trinajstić information content (AvgIpc) is 3.35. The molecule has 1 saturated heterocycles. The minimum atomic E-state index is -4.40. The smallest absolute Gasteiger partial charge is 0.257 e. The van der Waals surface area contributed by atoms with Crippen molar-refractivity contribution in [1.29, 1.82) is 5.41 Å². The van der Waals surface area contributed by atoms with E-state index in [-0.39, 0.29) is 46.8 Å². The molecule has 37 heavy (non-hydrogen) atoms. The topological polar surface area (TPSA) is 183 Å². The molecular weight excluding hydrogens is 496 g/mol. The molecule has 1 heterocycles. The fourth-order valence-corrected chi connectivity index (χ4v) is 6.77. The number of hydrogen-bond acceptors (Lipinski definition) is 8. The van der Waals surface area contributed by atoms with E-state index in [0.717, 1.165) is 10.8 Å². The number of aliphatic hydroxyl groups is 1. The molecule has 0 radical (unpaired) electrons. The second kappa shape index (κ2) is 13.1. The molecule has 0 spiro atoms. The van der Waals surface area contributed by atoms with E-state index >= 15 is 0 Å². The molecule has 0 saturated carbocycles. The number of guanidine groups is 1. The van der Waals surface area contributed by atoms with Crippen molar-refractivity contribution < 1.29 is 23.1 Å². The van der Waals surface area contributed by atoms with Gasteiger partial charge < -0.3 is 26.7 Å². The Morgan fingerprint density at radius 1 is 1.27 bits per heavy atom. The SMILES string of the molecule is N=C(N)NCCCCCC(=O)c1cc2ccccc2c(CO)c1S(=O)(=O)N(CC=O)N1CCCC1CN. The second-order valence-corrected chi connectivity index (χ2v) is 10.8. The van der Waals surface area contributed by atoms with Gasteiger partial charge in [-0.1, -0.05) is 30.7 Å². The van der Waals surface area contributed by atoms with Crippen LogP contribution in [0.25, 0.3) is 10.8 Å². The predicted octanol–water partition coefficient (Wildman–Crippen LogP) is 1.09. The highest BCUT2D eigenvalue weighted by Crippen LogP contribution is 2.34. The van der Waals surface area contributed by atoms with Gasteiger partial charge in [0.05, 0.1) is 13.2 Å². The highest BCUT2D eigenvalue weighted by atomic mass is 32.2. The summed E-state index contributed by atoms with van der Waals surface area (Å²) in [7, 11) is -4.40. The van der Waals surface area contributed by atoms with E-state index in [1.165, 1.54) is 0 Å². The average molecular weight is 533 g/mol. The van der Waals surface area contributed by atoms with Crippen LogP contribution >= 0.6 is 0 Å². The Morgan fingerprint density at radius 3 is 2.70 bits per heavy atom. The van der Waals surface area contributed by atoms with Crippen LogP contribution in [0.5, 0.6) is 0 Å². The minimum Gasteiger partial charge on any atom is -0.392 e. The van der Waals surface area contributed by atoms with Crippen molar-refractivity contribution in [3.63, 3.8) is 0 Å². The number of nitrogens with one attached hydrogen (secondary N) is 2. The fraction of sp³-hybridized carbons (Fsp3) is 0.480. The molecule has 0 aliphatic carbocycles. The summed E-state index contributed by atoms with van der Waals surface area (Å²) in [5.74, 6) is -0.477. The van der Waals surface area contributed by atoms with Crippen LogP contribution in [-0.4, -0.2) is 73.2 Å². The highest BCUT2D eigenvalue weighted by Gasteiger charge is 2.39. The zero-order valence-corrected chi connectivity index (χ0v) is 21.7. The number of benzene rings is 2. The quantitative estimate of drug-likeness (QED) is 0.0781. The van der Waals surface area contributed by atoms with Gasteiger partial charge in [-0.15, -0.1) is 4.41 Å². The lowest BCUT2D eigenvalue weighted by molar-refractivity contribution is -0.110. The first-order valence-electron chi connectivity index (χ1n) is 12.5. The van der Waals surface area contributed by atoms with Crippen molar-refractivity contribution in [1.82, 2.24) is 14.7 Å². The van der Waals surface area contributed by atoms with Crippen LogP contribution in [0.2, 0.25) is 0 Å². The monoisotopic (exact) mass is 532 g/mol. The zero-order valence-electron chi connectivity index (χ0n) is 20.9. The fourth-order valence-electron chi connectivity index (χ4n) is 4.87. The van der Waals surface area contributed by atoms with Gasteiger partial charge in [-0.2, -0.15) is 0 Å². The third-order valence-corrected chi connectivity index (χ3v) is 8.53. The number of carbonyl (C=O) groups excluding carboxylic acids is 2. The lowest BCUT2D eigenvalue weighted by Crippen LogP contribution is -2.52. The van der Waals surface area contributed by atoms with Gasteiger partial charge in [-0.25, -0.2) is 13.4 Å². The van der Waals surface area contributed by atoms with Gasteiger partial charge in [-0.3, -0.25) is 10.2 Å². The molecule has 2 aromatic carbocycles. The number of aliphatic hydroxyl groups excluding tert-OH is 1. The molecule has 12 heteroatoms. The Morgan fingerprint density at radius 2 is 2.03 bits per heavy atom. The maximum atomic E-state index is 14.2. The number of nitrogens with two attached hydrogens (primary N) is 2. The Balaban J connectivity index is 2.05. The summed E-state index contributed by atoms with van der Waals surface area (Å²) >= 11 is 0. The van der Waals surface area contributed by atoms with Gasteiger partial charge in [0.25, 0.3) is 10.0 Å². The molecule has 11 nitrogen and oxygen atoms in total. The zero-order chi connectivity index (χ0) is 27.0. The Hall–Kier alpha value is -2.90. The number of unbranched alkanes of at least 4 members (excludes halogenated alkanes) is 2. The second-order valence-electron chi connectivity index (χ2n) is 9.06. The Labute approximate surface area is 217 Å². The number of rotatable bonds is 14. The summed E-state index contributed by atoms with van der Waals surface area (Å²) in [6.45, 7) is 0.121. The van der Waals surface area contributed by atoms with Crippen molar-refractivity contribution in [2.75, 3.05) is 26.2 Å². The largest absolute Gasteiger partial charge is 0.392 e. The lowest BCUT2D eigenvalue weighted by atomic mass is 9.97. The number of aldehydes is 1. The van der Waals surface area contributed by atoms with Crippen LogP contribution < -0.4 is 16.8 Å². The predicted molar refractivity (Wildman–Crippen MR) is 141 cm³/mol. The van der Waals surface area contributed by atoms with E-state index in [4.69, 9.17) is 16.9 Å². The summed E-state index contributed by atoms with van der Waals surface area (Å²) in [6.07, 6.45) is 3.92. The third-order valence-electron chi connectivity index (χ3n) is 6.63. The normalized spacial score (nSPS) is 16.4. The number of ketones is 1. The molecule has 1 aliphatic rings. The van der Waals surface area contributed by atoms with Crippen LogP contribution in [-0.2, 0) is 21.4 Å². The van der Waals surface area contributed by atoms with Crippen molar-refractivity contribution in [2.24, 2.45) is 11.5 Å². The molecule has 1 fully saturated rings. The van der Waals surface area contributed by atoms with E-state index in [0.29, 0.717) is 55.8 Å². The van der Waals surface area contributed by atoms with Crippen molar-refractivity contribution in [3.05, 3.63) is 41.5 Å². The van der Waals surface area contributed by atoms with Gasteiger partial charge in [0.1, 0.15) is 11.2 Å². The van der Waals surface area contributed by atoms with Crippen molar-refractivity contribution in [2.45, 2.75) is 56.1 Å². The molecule has 0 bridgehead atoms. The molecule has 2 aromatic rings. The number of Topliss-reactive ketones (excluding diaryl/α,β-unsaturated/α-hetero) is 1. The minimum absolute atomic E-state index is 0.00371.